The van der Waals surface area contributed by atoms with E-state index in [1.165, 1.54) is 10.7 Å². The summed E-state index contributed by atoms with van der Waals surface area (Å²) in [5.74, 6) is -0.693. The summed E-state index contributed by atoms with van der Waals surface area (Å²) < 4.78 is 37.9. The van der Waals surface area contributed by atoms with E-state index in [9.17, 15) is 18.0 Å². The average molecular weight is 504 g/mol. The summed E-state index contributed by atoms with van der Waals surface area (Å²) in [6.45, 7) is 1.78. The molecule has 1 amide bonds. The lowest BCUT2D eigenvalue weighted by Gasteiger charge is -2.19. The van der Waals surface area contributed by atoms with Crippen molar-refractivity contribution in [3.05, 3.63) is 90.1 Å². The Bertz CT molecular complexity index is 1580. The van der Waals surface area contributed by atoms with Gasteiger partial charge in [-0.05, 0) is 43.3 Å². The van der Waals surface area contributed by atoms with Crippen LogP contribution in [0.2, 0.25) is 0 Å². The molecule has 3 aromatic carbocycles. The average Bonchev–Trinajstić information content (AvgIpc) is 3.24. The lowest BCUT2D eigenvalue weighted by molar-refractivity contribution is 0.0518. The minimum Gasteiger partial charge on any atom is -0.461 e. The first-order valence-corrected chi connectivity index (χ1v) is 12.8. The van der Waals surface area contributed by atoms with Crippen molar-refractivity contribution in [3.8, 4) is 22.7 Å². The number of aromatic nitrogens is 2. The summed E-state index contributed by atoms with van der Waals surface area (Å²) in [5.41, 5.74) is 2.05. The summed E-state index contributed by atoms with van der Waals surface area (Å²) in [4.78, 5) is 25.2. The van der Waals surface area contributed by atoms with Crippen LogP contribution in [0.25, 0.3) is 16.9 Å². The molecule has 0 saturated heterocycles. The first-order chi connectivity index (χ1) is 17.4. The van der Waals surface area contributed by atoms with E-state index in [0.717, 1.165) is 0 Å². The van der Waals surface area contributed by atoms with Gasteiger partial charge >= 0.3 is 12.1 Å². The van der Waals surface area contributed by atoms with Crippen LogP contribution in [-0.2, 0) is 20.3 Å². The molecule has 36 heavy (non-hydrogen) atoms. The summed E-state index contributed by atoms with van der Waals surface area (Å²) >= 11 is 0. The third kappa shape index (κ3) is 4.34. The SMILES string of the molecule is CCOC(=O)c1nn(-c2cccc(NC(=O)Oc3ccccc3)c2)c2c1CS(=O)(=O)c1ccccc1-2. The highest BCUT2D eigenvalue weighted by Crippen LogP contribution is 2.40. The van der Waals surface area contributed by atoms with E-state index >= 15 is 0 Å². The van der Waals surface area contributed by atoms with Gasteiger partial charge in [-0.3, -0.25) is 5.32 Å². The van der Waals surface area contributed by atoms with Crippen LogP contribution in [0, 0.1) is 0 Å². The van der Waals surface area contributed by atoms with Crippen LogP contribution in [0.1, 0.15) is 23.0 Å². The number of hydrogen-bond donors (Lipinski definition) is 1. The number of benzene rings is 3. The van der Waals surface area contributed by atoms with Gasteiger partial charge in [-0.1, -0.05) is 42.5 Å². The van der Waals surface area contributed by atoms with E-state index in [-0.39, 0.29) is 28.5 Å². The van der Waals surface area contributed by atoms with Gasteiger partial charge in [0.25, 0.3) is 0 Å². The van der Waals surface area contributed by atoms with Crippen molar-refractivity contribution < 1.29 is 27.5 Å². The number of sulfone groups is 1. The van der Waals surface area contributed by atoms with E-state index < -0.39 is 21.9 Å². The number of carbonyl (C=O) groups excluding carboxylic acids is 2. The lowest BCUT2D eigenvalue weighted by Crippen LogP contribution is -2.17. The van der Waals surface area contributed by atoms with Crippen LogP contribution >= 0.6 is 0 Å². The molecule has 1 N–H and O–H groups in total. The van der Waals surface area contributed by atoms with Crippen molar-refractivity contribution in [3.63, 3.8) is 0 Å². The third-order valence-electron chi connectivity index (χ3n) is 5.55. The zero-order chi connectivity index (χ0) is 25.3. The number of carbonyl (C=O) groups is 2. The Hall–Kier alpha value is -4.44. The Kier molecular flexibility index (Phi) is 6.03. The van der Waals surface area contributed by atoms with Gasteiger partial charge in [0, 0.05) is 16.8 Å². The second-order valence-electron chi connectivity index (χ2n) is 7.94. The van der Waals surface area contributed by atoms with Gasteiger partial charge in [0.2, 0.25) is 0 Å². The van der Waals surface area contributed by atoms with E-state index in [1.54, 1.807) is 73.7 Å². The molecule has 0 bridgehead atoms. The highest BCUT2D eigenvalue weighted by molar-refractivity contribution is 7.90. The first-order valence-electron chi connectivity index (χ1n) is 11.1. The minimum absolute atomic E-state index is 0.0632. The van der Waals surface area contributed by atoms with Gasteiger partial charge in [-0.25, -0.2) is 22.7 Å². The summed E-state index contributed by atoms with van der Waals surface area (Å²) in [6, 6.07) is 22.0. The lowest BCUT2D eigenvalue weighted by atomic mass is 10.1. The van der Waals surface area contributed by atoms with Crippen LogP contribution in [0.5, 0.6) is 5.75 Å². The number of fused-ring (bicyclic) bond motifs is 3. The maximum absolute atomic E-state index is 13.0. The number of ether oxygens (including phenoxy) is 2. The maximum Gasteiger partial charge on any atom is 0.417 e. The topological polar surface area (TPSA) is 117 Å². The molecular weight excluding hydrogens is 482 g/mol. The summed E-state index contributed by atoms with van der Waals surface area (Å²) in [7, 11) is -3.68. The largest absolute Gasteiger partial charge is 0.461 e. The van der Waals surface area contributed by atoms with Gasteiger partial charge < -0.3 is 9.47 Å². The summed E-state index contributed by atoms with van der Waals surface area (Å²) in [6.07, 6.45) is -0.676. The van der Waals surface area contributed by atoms with Crippen LogP contribution in [0.4, 0.5) is 10.5 Å². The van der Waals surface area contributed by atoms with E-state index in [4.69, 9.17) is 9.47 Å². The van der Waals surface area contributed by atoms with Crippen LogP contribution in [-0.4, -0.2) is 36.9 Å². The molecule has 0 fully saturated rings. The molecule has 2 heterocycles. The Morgan fingerprint density at radius 1 is 1.00 bits per heavy atom. The number of anilines is 1. The fourth-order valence-electron chi connectivity index (χ4n) is 4.07. The molecule has 0 spiro atoms. The van der Waals surface area contributed by atoms with Crippen molar-refractivity contribution >= 4 is 27.6 Å². The molecule has 0 radical (unpaired) electrons. The molecule has 1 aromatic heterocycles. The fraction of sp³-hybridized carbons (Fsp3) is 0.115. The zero-order valence-electron chi connectivity index (χ0n) is 19.2. The Labute approximate surface area is 207 Å². The molecular formula is C26H21N3O6S. The standard InChI is InChI=1S/C26H21N3O6S/c1-2-34-25(30)23-21-16-36(32,33)22-14-7-6-13-20(22)24(21)29(28-23)18-10-8-9-17(15-18)27-26(31)35-19-11-4-3-5-12-19/h3-15H,2,16H2,1H3,(H,27,31). The normalized spacial score (nSPS) is 13.2. The van der Waals surface area contributed by atoms with Gasteiger partial charge in [-0.15, -0.1) is 0 Å². The fourth-order valence-corrected chi connectivity index (χ4v) is 5.66. The van der Waals surface area contributed by atoms with E-state index in [0.29, 0.717) is 28.4 Å². The van der Waals surface area contributed by atoms with Crippen LogP contribution < -0.4 is 10.1 Å². The molecule has 1 aliphatic heterocycles. The molecule has 0 aliphatic carbocycles. The number of hydrogen-bond acceptors (Lipinski definition) is 7. The third-order valence-corrected chi connectivity index (χ3v) is 7.25. The molecule has 4 aromatic rings. The minimum atomic E-state index is -3.68. The number of amides is 1. The molecule has 9 nitrogen and oxygen atoms in total. The first kappa shape index (κ1) is 23.3. The van der Waals surface area contributed by atoms with Crippen molar-refractivity contribution in [2.75, 3.05) is 11.9 Å². The van der Waals surface area contributed by atoms with Gasteiger partial charge in [-0.2, -0.15) is 5.10 Å². The molecule has 5 rings (SSSR count). The highest BCUT2D eigenvalue weighted by Gasteiger charge is 2.36. The predicted octanol–water partition coefficient (Wildman–Crippen LogP) is 4.61. The molecule has 0 atom stereocenters. The quantitative estimate of drug-likeness (QED) is 0.395. The number of nitrogens with zero attached hydrogens (tertiary/aromatic N) is 2. The zero-order valence-corrected chi connectivity index (χ0v) is 20.0. The Morgan fingerprint density at radius 2 is 1.75 bits per heavy atom. The molecule has 1 aliphatic rings. The van der Waals surface area contributed by atoms with Crippen molar-refractivity contribution in [1.82, 2.24) is 9.78 Å². The summed E-state index contributed by atoms with van der Waals surface area (Å²) in [5, 5.41) is 7.14. The van der Waals surface area contributed by atoms with Gasteiger partial charge in [0.05, 0.1) is 28.6 Å². The van der Waals surface area contributed by atoms with Gasteiger partial charge in [0.1, 0.15) is 5.75 Å². The monoisotopic (exact) mass is 503 g/mol. The van der Waals surface area contributed by atoms with Crippen molar-refractivity contribution in [2.45, 2.75) is 17.6 Å². The maximum atomic E-state index is 13.0. The van der Waals surface area contributed by atoms with Crippen molar-refractivity contribution in [2.24, 2.45) is 0 Å². The Balaban J connectivity index is 1.57. The molecule has 10 heteroatoms. The number of rotatable bonds is 5. The van der Waals surface area contributed by atoms with Gasteiger partial charge in [0.15, 0.2) is 15.5 Å². The van der Waals surface area contributed by atoms with E-state index in [2.05, 4.69) is 10.4 Å². The smallest absolute Gasteiger partial charge is 0.417 e. The predicted molar refractivity (Wildman–Crippen MR) is 132 cm³/mol. The highest BCUT2D eigenvalue weighted by atomic mass is 32.2. The van der Waals surface area contributed by atoms with Crippen molar-refractivity contribution in [1.29, 1.82) is 0 Å². The van der Waals surface area contributed by atoms with Crippen LogP contribution in [0.15, 0.2) is 83.8 Å². The molecule has 0 saturated carbocycles. The van der Waals surface area contributed by atoms with Crippen LogP contribution in [0.3, 0.4) is 0 Å². The number of esters is 1. The second-order valence-corrected chi connectivity index (χ2v) is 9.90. The number of nitrogens with one attached hydrogen (secondary N) is 1. The second kappa shape index (κ2) is 9.31. The molecule has 182 valence electrons. The number of para-hydroxylation sites is 1. The molecule has 0 unspecified atom stereocenters. The Morgan fingerprint density at radius 3 is 2.53 bits per heavy atom. The van der Waals surface area contributed by atoms with E-state index in [1.807, 2.05) is 6.07 Å².